The predicted octanol–water partition coefficient (Wildman–Crippen LogP) is 1.24. The van der Waals surface area contributed by atoms with E-state index in [-0.39, 0.29) is 35.7 Å². The quantitative estimate of drug-likeness (QED) is 0.599. The molecule has 132 valence electrons. The molecular weight excluding hydrogens is 357 g/mol. The number of hydrogen-bond donors (Lipinski definition) is 1. The summed E-state index contributed by atoms with van der Waals surface area (Å²) in [5.41, 5.74) is -5.36. The van der Waals surface area contributed by atoms with Gasteiger partial charge in [-0.3, -0.25) is 0 Å². The Morgan fingerprint density at radius 1 is 1.21 bits per heavy atom. The minimum Gasteiger partial charge on any atom is -0.493 e. The Hall–Kier alpha value is -2.34. The molecule has 2 aromatic rings. The van der Waals surface area contributed by atoms with Gasteiger partial charge in [-0.1, -0.05) is 0 Å². The van der Waals surface area contributed by atoms with Gasteiger partial charge in [0.05, 0.1) is 30.9 Å². The Balaban J connectivity index is 2.41. The average Bonchev–Trinajstić information content (AvgIpc) is 2.50. The van der Waals surface area contributed by atoms with E-state index in [1.165, 1.54) is 19.2 Å². The van der Waals surface area contributed by atoms with Gasteiger partial charge in [0.15, 0.2) is 11.5 Å². The zero-order chi connectivity index (χ0) is 18.0. The first-order chi connectivity index (χ1) is 11.2. The molecule has 0 spiro atoms. The van der Waals surface area contributed by atoms with Crippen LogP contribution >= 0.6 is 0 Å². The van der Waals surface area contributed by atoms with Crippen LogP contribution in [0.5, 0.6) is 17.4 Å². The van der Waals surface area contributed by atoms with E-state index in [9.17, 15) is 21.6 Å². The summed E-state index contributed by atoms with van der Waals surface area (Å²) < 4.78 is 73.0. The van der Waals surface area contributed by atoms with Crippen molar-refractivity contribution in [3.8, 4) is 17.4 Å². The van der Waals surface area contributed by atoms with Gasteiger partial charge in [-0.25, -0.2) is 9.97 Å². The SMILES string of the molecule is COc1cc2nc(OS(=O)(=O)C(F)(F)F)cnc2cc1OCCO. The maximum absolute atomic E-state index is 12.3. The molecule has 2 rings (SSSR count). The lowest BCUT2D eigenvalue weighted by atomic mass is 10.2. The molecule has 0 aliphatic heterocycles. The molecule has 0 saturated heterocycles. The molecule has 0 atom stereocenters. The van der Waals surface area contributed by atoms with E-state index in [0.29, 0.717) is 0 Å². The van der Waals surface area contributed by atoms with Gasteiger partial charge in [0.25, 0.3) is 5.88 Å². The monoisotopic (exact) mass is 368 g/mol. The number of rotatable bonds is 6. The van der Waals surface area contributed by atoms with Crippen molar-refractivity contribution in [3.05, 3.63) is 18.3 Å². The number of alkyl halides is 3. The lowest BCUT2D eigenvalue weighted by Crippen LogP contribution is -2.28. The number of methoxy groups -OCH3 is 1. The molecule has 0 aliphatic rings. The van der Waals surface area contributed by atoms with Crippen molar-refractivity contribution in [3.63, 3.8) is 0 Å². The van der Waals surface area contributed by atoms with E-state index in [4.69, 9.17) is 14.6 Å². The number of aromatic nitrogens is 2. The van der Waals surface area contributed by atoms with Gasteiger partial charge in [0, 0.05) is 12.1 Å². The van der Waals surface area contributed by atoms with Gasteiger partial charge in [0.2, 0.25) is 0 Å². The number of fused-ring (bicyclic) bond motifs is 1. The van der Waals surface area contributed by atoms with Crippen LogP contribution in [-0.4, -0.2) is 49.3 Å². The van der Waals surface area contributed by atoms with Gasteiger partial charge in [-0.05, 0) is 0 Å². The summed E-state index contributed by atoms with van der Waals surface area (Å²) >= 11 is 0. The van der Waals surface area contributed by atoms with Crippen LogP contribution in [0.4, 0.5) is 13.2 Å². The predicted molar refractivity (Wildman–Crippen MR) is 74.3 cm³/mol. The third-order valence-electron chi connectivity index (χ3n) is 2.63. The maximum atomic E-state index is 12.3. The van der Waals surface area contributed by atoms with Crippen LogP contribution in [0.1, 0.15) is 0 Å². The molecule has 24 heavy (non-hydrogen) atoms. The molecule has 0 unspecified atom stereocenters. The van der Waals surface area contributed by atoms with E-state index >= 15 is 0 Å². The molecule has 1 heterocycles. The van der Waals surface area contributed by atoms with Gasteiger partial charge in [0.1, 0.15) is 6.61 Å². The highest BCUT2D eigenvalue weighted by Gasteiger charge is 2.48. The Labute approximate surface area is 133 Å². The summed E-state index contributed by atoms with van der Waals surface area (Å²) in [6, 6.07) is 2.65. The van der Waals surface area contributed by atoms with Crippen molar-refractivity contribution in [1.82, 2.24) is 9.97 Å². The van der Waals surface area contributed by atoms with Crippen LogP contribution in [0.3, 0.4) is 0 Å². The van der Waals surface area contributed by atoms with Crippen molar-refractivity contribution in [2.24, 2.45) is 0 Å². The van der Waals surface area contributed by atoms with E-state index in [0.717, 1.165) is 6.20 Å². The number of hydrogen-bond acceptors (Lipinski definition) is 8. The van der Waals surface area contributed by atoms with Crippen LogP contribution in [0.2, 0.25) is 0 Å². The molecule has 1 N–H and O–H groups in total. The number of nitrogens with zero attached hydrogens (tertiary/aromatic N) is 2. The second-order valence-corrected chi connectivity index (χ2v) is 5.79. The molecule has 0 fully saturated rings. The first kappa shape index (κ1) is 18.0. The molecule has 1 aromatic heterocycles. The van der Waals surface area contributed by atoms with Gasteiger partial charge in [-0.2, -0.15) is 21.6 Å². The van der Waals surface area contributed by atoms with Crippen molar-refractivity contribution in [1.29, 1.82) is 0 Å². The minimum atomic E-state index is -5.84. The number of aliphatic hydroxyl groups excluding tert-OH is 1. The van der Waals surface area contributed by atoms with Crippen molar-refractivity contribution < 1.29 is 40.4 Å². The maximum Gasteiger partial charge on any atom is 0.534 e. The van der Waals surface area contributed by atoms with Crippen LogP contribution < -0.4 is 13.7 Å². The number of benzene rings is 1. The van der Waals surface area contributed by atoms with E-state index in [1.807, 2.05) is 0 Å². The summed E-state index contributed by atoms with van der Waals surface area (Å²) in [5, 5.41) is 8.76. The fraction of sp³-hybridized carbons (Fsp3) is 0.333. The number of ether oxygens (including phenoxy) is 2. The zero-order valence-corrected chi connectivity index (χ0v) is 12.9. The van der Waals surface area contributed by atoms with Crippen molar-refractivity contribution >= 4 is 21.2 Å². The van der Waals surface area contributed by atoms with E-state index in [2.05, 4.69) is 14.2 Å². The topological polar surface area (TPSA) is 108 Å². The van der Waals surface area contributed by atoms with Crippen LogP contribution in [0, 0.1) is 0 Å². The molecule has 0 saturated carbocycles. The average molecular weight is 368 g/mol. The number of halogens is 3. The van der Waals surface area contributed by atoms with Crippen molar-refractivity contribution in [2.45, 2.75) is 5.51 Å². The Morgan fingerprint density at radius 3 is 2.46 bits per heavy atom. The van der Waals surface area contributed by atoms with E-state index in [1.54, 1.807) is 0 Å². The molecule has 12 heteroatoms. The smallest absolute Gasteiger partial charge is 0.493 e. The highest BCUT2D eigenvalue weighted by atomic mass is 32.2. The molecule has 0 bridgehead atoms. The molecular formula is C12H11F3N2O6S. The minimum absolute atomic E-state index is 0.0136. The summed E-state index contributed by atoms with van der Waals surface area (Å²) in [6.45, 7) is -0.255. The third kappa shape index (κ3) is 3.76. The molecule has 8 nitrogen and oxygen atoms in total. The fourth-order valence-electron chi connectivity index (χ4n) is 1.63. The molecule has 0 radical (unpaired) electrons. The van der Waals surface area contributed by atoms with Gasteiger partial charge < -0.3 is 18.8 Å². The largest absolute Gasteiger partial charge is 0.534 e. The normalized spacial score (nSPS) is 12.2. The Bertz CT molecular complexity index is 841. The Morgan fingerprint density at radius 2 is 1.88 bits per heavy atom. The first-order valence-electron chi connectivity index (χ1n) is 6.27. The first-order valence-corrected chi connectivity index (χ1v) is 7.68. The van der Waals surface area contributed by atoms with Crippen LogP contribution in [0.25, 0.3) is 11.0 Å². The molecule has 0 aliphatic carbocycles. The second kappa shape index (κ2) is 6.65. The van der Waals surface area contributed by atoms with Gasteiger partial charge in [-0.15, -0.1) is 0 Å². The molecule has 0 amide bonds. The summed E-state index contributed by atoms with van der Waals surface area (Å²) in [6.07, 6.45) is 0.730. The zero-order valence-electron chi connectivity index (χ0n) is 12.1. The highest BCUT2D eigenvalue weighted by Crippen LogP contribution is 2.32. The van der Waals surface area contributed by atoms with Crippen LogP contribution in [-0.2, 0) is 10.1 Å². The van der Waals surface area contributed by atoms with Gasteiger partial charge >= 0.3 is 15.6 Å². The van der Waals surface area contributed by atoms with Crippen molar-refractivity contribution in [2.75, 3.05) is 20.3 Å². The fourth-order valence-corrected chi connectivity index (χ4v) is 2.03. The number of aliphatic hydroxyl groups is 1. The van der Waals surface area contributed by atoms with E-state index < -0.39 is 21.5 Å². The summed E-state index contributed by atoms with van der Waals surface area (Å²) in [7, 11) is -4.53. The third-order valence-corrected chi connectivity index (χ3v) is 3.59. The molecule has 1 aromatic carbocycles. The lowest BCUT2D eigenvalue weighted by molar-refractivity contribution is -0.0501. The van der Waals surface area contributed by atoms with Crippen LogP contribution in [0.15, 0.2) is 18.3 Å². The lowest BCUT2D eigenvalue weighted by Gasteiger charge is -2.12. The highest BCUT2D eigenvalue weighted by molar-refractivity contribution is 7.87. The standard InChI is InChI=1S/C12H11F3N2O6S/c1-21-9-5-8-7(4-10(9)22-3-2-18)16-6-11(17-8)23-24(19,20)12(13,14)15/h4-6,18H,2-3H2,1H3. The summed E-state index contributed by atoms with van der Waals surface area (Å²) in [5.74, 6) is -0.447. The summed E-state index contributed by atoms with van der Waals surface area (Å²) in [4.78, 5) is 7.43. The Kier molecular flexibility index (Phi) is 4.99. The second-order valence-electron chi connectivity index (χ2n) is 4.26.